The monoisotopic (exact) mass is 237 g/mol. The molecule has 0 aliphatic rings. The van der Waals surface area contributed by atoms with Crippen LogP contribution < -0.4 is 5.32 Å². The van der Waals surface area contributed by atoms with E-state index >= 15 is 0 Å². The highest BCUT2D eigenvalue weighted by Crippen LogP contribution is 2.08. The SMILES string of the molecule is CCC(=Cc1cncn1CC)CNCCOC. The molecule has 0 atom stereocenters. The number of nitrogens with zero attached hydrogens (tertiary/aromatic N) is 2. The fraction of sp³-hybridized carbons (Fsp3) is 0.615. The van der Waals surface area contributed by atoms with Crippen LogP contribution in [0.2, 0.25) is 0 Å². The number of imidazole rings is 1. The van der Waals surface area contributed by atoms with Gasteiger partial charge in [0.05, 0.1) is 24.8 Å². The first-order chi connectivity index (χ1) is 8.31. The van der Waals surface area contributed by atoms with Crippen LogP contribution in [0.15, 0.2) is 18.1 Å². The molecule has 4 heteroatoms. The zero-order valence-corrected chi connectivity index (χ0v) is 11.1. The second kappa shape index (κ2) is 8.03. The van der Waals surface area contributed by atoms with Crippen molar-refractivity contribution in [3.8, 4) is 0 Å². The Balaban J connectivity index is 2.54. The number of rotatable bonds is 8. The van der Waals surface area contributed by atoms with Crippen molar-refractivity contribution >= 4 is 6.08 Å². The molecule has 0 fully saturated rings. The summed E-state index contributed by atoms with van der Waals surface area (Å²) in [7, 11) is 1.72. The minimum atomic E-state index is 0.754. The Morgan fingerprint density at radius 1 is 1.53 bits per heavy atom. The van der Waals surface area contributed by atoms with Crippen LogP contribution in [-0.4, -0.2) is 36.4 Å². The third-order valence-electron chi connectivity index (χ3n) is 2.73. The molecule has 0 spiro atoms. The first-order valence-electron chi connectivity index (χ1n) is 6.21. The van der Waals surface area contributed by atoms with E-state index in [-0.39, 0.29) is 0 Å². The number of nitrogens with one attached hydrogen (secondary N) is 1. The molecule has 1 rings (SSSR count). The minimum Gasteiger partial charge on any atom is -0.383 e. The van der Waals surface area contributed by atoms with Crippen molar-refractivity contribution in [2.75, 3.05) is 26.8 Å². The van der Waals surface area contributed by atoms with Gasteiger partial charge in [-0.15, -0.1) is 0 Å². The molecule has 4 nitrogen and oxygen atoms in total. The van der Waals surface area contributed by atoms with E-state index in [1.54, 1.807) is 7.11 Å². The van der Waals surface area contributed by atoms with E-state index in [0.29, 0.717) is 0 Å². The van der Waals surface area contributed by atoms with Crippen LogP contribution in [0.25, 0.3) is 6.08 Å². The topological polar surface area (TPSA) is 39.1 Å². The molecule has 0 unspecified atom stereocenters. The zero-order chi connectivity index (χ0) is 12.5. The van der Waals surface area contributed by atoms with Crippen molar-refractivity contribution < 1.29 is 4.74 Å². The Morgan fingerprint density at radius 3 is 3.00 bits per heavy atom. The molecule has 1 aromatic rings. The molecular formula is C13H23N3O. The quantitative estimate of drug-likeness (QED) is 0.702. The van der Waals surface area contributed by atoms with E-state index in [1.807, 2.05) is 12.5 Å². The smallest absolute Gasteiger partial charge is 0.0950 e. The van der Waals surface area contributed by atoms with E-state index in [0.717, 1.165) is 32.7 Å². The lowest BCUT2D eigenvalue weighted by Crippen LogP contribution is -2.21. The summed E-state index contributed by atoms with van der Waals surface area (Å²) in [5.74, 6) is 0. The van der Waals surface area contributed by atoms with Gasteiger partial charge in [-0.05, 0) is 19.4 Å². The normalized spacial score (nSPS) is 12.1. The molecule has 0 saturated heterocycles. The fourth-order valence-electron chi connectivity index (χ4n) is 1.63. The maximum absolute atomic E-state index is 5.00. The van der Waals surface area contributed by atoms with Gasteiger partial charge in [-0.3, -0.25) is 0 Å². The second-order valence-electron chi connectivity index (χ2n) is 3.93. The lowest BCUT2D eigenvalue weighted by atomic mass is 10.1. The molecule has 0 aliphatic heterocycles. The van der Waals surface area contributed by atoms with Gasteiger partial charge in [-0.2, -0.15) is 0 Å². The number of hydrogen-bond acceptors (Lipinski definition) is 3. The summed E-state index contributed by atoms with van der Waals surface area (Å²) < 4.78 is 7.15. The fourth-order valence-corrected chi connectivity index (χ4v) is 1.63. The lowest BCUT2D eigenvalue weighted by molar-refractivity contribution is 0.200. The van der Waals surface area contributed by atoms with Gasteiger partial charge in [0.2, 0.25) is 0 Å². The van der Waals surface area contributed by atoms with Crippen molar-refractivity contribution in [3.05, 3.63) is 23.8 Å². The summed E-state index contributed by atoms with van der Waals surface area (Å²) in [4.78, 5) is 4.17. The summed E-state index contributed by atoms with van der Waals surface area (Å²) >= 11 is 0. The predicted octanol–water partition coefficient (Wildman–Crippen LogP) is 1.93. The average Bonchev–Trinajstić information content (AvgIpc) is 2.80. The summed E-state index contributed by atoms with van der Waals surface area (Å²) in [6.45, 7) is 7.82. The Morgan fingerprint density at radius 2 is 2.35 bits per heavy atom. The Labute approximate surface area is 104 Å². The van der Waals surface area contributed by atoms with Crippen molar-refractivity contribution in [2.45, 2.75) is 26.8 Å². The second-order valence-corrected chi connectivity index (χ2v) is 3.93. The summed E-state index contributed by atoms with van der Waals surface area (Å²) in [5, 5.41) is 3.36. The Hall–Kier alpha value is -1.13. The number of hydrogen-bond donors (Lipinski definition) is 1. The van der Waals surface area contributed by atoms with Crippen molar-refractivity contribution in [1.82, 2.24) is 14.9 Å². The van der Waals surface area contributed by atoms with Crippen LogP contribution in [0.3, 0.4) is 0 Å². The standard InChI is InChI=1S/C13H23N3O/c1-4-12(9-14-6-7-17-3)8-13-10-15-11-16(13)5-2/h8,10-11,14H,4-7,9H2,1-3H3. The highest BCUT2D eigenvalue weighted by atomic mass is 16.5. The van der Waals surface area contributed by atoms with Gasteiger partial charge < -0.3 is 14.6 Å². The summed E-state index contributed by atoms with van der Waals surface area (Å²) in [6, 6.07) is 0. The molecule has 17 heavy (non-hydrogen) atoms. The van der Waals surface area contributed by atoms with E-state index in [9.17, 15) is 0 Å². The Kier molecular flexibility index (Phi) is 6.58. The minimum absolute atomic E-state index is 0.754. The molecule has 1 aromatic heterocycles. The maximum atomic E-state index is 5.00. The molecule has 0 aliphatic carbocycles. The first kappa shape index (κ1) is 13.9. The van der Waals surface area contributed by atoms with Gasteiger partial charge >= 0.3 is 0 Å². The number of aromatic nitrogens is 2. The predicted molar refractivity (Wildman–Crippen MR) is 70.9 cm³/mol. The summed E-state index contributed by atoms with van der Waals surface area (Å²) in [6.07, 6.45) is 7.05. The zero-order valence-electron chi connectivity index (χ0n) is 11.1. The van der Waals surface area contributed by atoms with Gasteiger partial charge in [0, 0.05) is 26.7 Å². The van der Waals surface area contributed by atoms with Crippen LogP contribution in [-0.2, 0) is 11.3 Å². The van der Waals surface area contributed by atoms with Crippen molar-refractivity contribution in [1.29, 1.82) is 0 Å². The largest absolute Gasteiger partial charge is 0.383 e. The molecule has 0 bridgehead atoms. The molecule has 0 radical (unpaired) electrons. The molecular weight excluding hydrogens is 214 g/mol. The van der Waals surface area contributed by atoms with Crippen LogP contribution in [0, 0.1) is 0 Å². The number of methoxy groups -OCH3 is 1. The number of aryl methyl sites for hydroxylation is 1. The van der Waals surface area contributed by atoms with Crippen molar-refractivity contribution in [2.24, 2.45) is 0 Å². The maximum Gasteiger partial charge on any atom is 0.0950 e. The average molecular weight is 237 g/mol. The van der Waals surface area contributed by atoms with Gasteiger partial charge in [0.25, 0.3) is 0 Å². The first-order valence-corrected chi connectivity index (χ1v) is 6.21. The van der Waals surface area contributed by atoms with E-state index in [1.165, 1.54) is 11.3 Å². The van der Waals surface area contributed by atoms with Gasteiger partial charge in [0.15, 0.2) is 0 Å². The Bertz CT molecular complexity index is 344. The summed E-state index contributed by atoms with van der Waals surface area (Å²) in [5.41, 5.74) is 2.56. The van der Waals surface area contributed by atoms with E-state index < -0.39 is 0 Å². The van der Waals surface area contributed by atoms with E-state index in [2.05, 4.69) is 34.8 Å². The van der Waals surface area contributed by atoms with Crippen LogP contribution >= 0.6 is 0 Å². The third-order valence-corrected chi connectivity index (χ3v) is 2.73. The van der Waals surface area contributed by atoms with Crippen LogP contribution in [0.5, 0.6) is 0 Å². The third kappa shape index (κ3) is 4.71. The van der Waals surface area contributed by atoms with Gasteiger partial charge in [-0.1, -0.05) is 12.5 Å². The molecule has 1 N–H and O–H groups in total. The molecule has 96 valence electrons. The molecule has 1 heterocycles. The van der Waals surface area contributed by atoms with Crippen LogP contribution in [0.4, 0.5) is 0 Å². The molecule has 0 saturated carbocycles. The van der Waals surface area contributed by atoms with Crippen LogP contribution in [0.1, 0.15) is 26.0 Å². The van der Waals surface area contributed by atoms with Crippen molar-refractivity contribution in [3.63, 3.8) is 0 Å². The highest BCUT2D eigenvalue weighted by molar-refractivity contribution is 5.48. The van der Waals surface area contributed by atoms with E-state index in [4.69, 9.17) is 4.74 Å². The highest BCUT2D eigenvalue weighted by Gasteiger charge is 1.99. The number of ether oxygens (including phenoxy) is 1. The van der Waals surface area contributed by atoms with Gasteiger partial charge in [0.1, 0.15) is 0 Å². The van der Waals surface area contributed by atoms with Gasteiger partial charge in [-0.25, -0.2) is 4.98 Å². The molecule has 0 amide bonds. The molecule has 0 aromatic carbocycles. The lowest BCUT2D eigenvalue weighted by Gasteiger charge is -2.08.